The summed E-state index contributed by atoms with van der Waals surface area (Å²) in [5, 5.41) is 6.14. The number of carbonyl (C=O) groups is 1. The summed E-state index contributed by atoms with van der Waals surface area (Å²) in [4.78, 5) is 19.6. The van der Waals surface area contributed by atoms with Crippen molar-refractivity contribution < 1.29 is 17.6 Å². The molecule has 0 unspecified atom stereocenters. The number of aromatic nitrogens is 2. The van der Waals surface area contributed by atoms with Crippen LogP contribution in [-0.2, 0) is 10.0 Å². The van der Waals surface area contributed by atoms with E-state index >= 15 is 0 Å². The van der Waals surface area contributed by atoms with Crippen molar-refractivity contribution in [1.29, 1.82) is 0 Å². The van der Waals surface area contributed by atoms with Crippen molar-refractivity contribution in [3.8, 4) is 0 Å². The molecule has 0 atom stereocenters. The maximum atomic E-state index is 13.1. The van der Waals surface area contributed by atoms with Gasteiger partial charge >= 0.3 is 0 Å². The highest BCUT2D eigenvalue weighted by atomic mass is 32.2. The zero-order chi connectivity index (χ0) is 23.4. The third-order valence-corrected chi connectivity index (χ3v) is 6.11. The SMILES string of the molecule is Cc1cc(Nc2ccc(F)cc2)nc(NCC(C)(C)NS(=O)(=O)c2ccc(C=O)cc2)n1. The maximum absolute atomic E-state index is 13.1. The lowest BCUT2D eigenvalue weighted by Crippen LogP contribution is -2.48. The molecule has 3 aromatic rings. The largest absolute Gasteiger partial charge is 0.352 e. The van der Waals surface area contributed by atoms with E-state index in [9.17, 15) is 17.6 Å². The third kappa shape index (κ3) is 6.32. The van der Waals surface area contributed by atoms with Gasteiger partial charge in [0.05, 0.1) is 4.90 Å². The first kappa shape index (κ1) is 23.3. The average Bonchev–Trinajstić information content (AvgIpc) is 2.73. The molecule has 0 aliphatic heterocycles. The molecule has 8 nitrogen and oxygen atoms in total. The minimum Gasteiger partial charge on any atom is -0.352 e. The summed E-state index contributed by atoms with van der Waals surface area (Å²) >= 11 is 0. The van der Waals surface area contributed by atoms with Crippen LogP contribution in [0.5, 0.6) is 0 Å². The average molecular weight is 458 g/mol. The predicted octanol–water partition coefficient (Wildman–Crippen LogP) is 3.65. The molecule has 0 aliphatic rings. The molecule has 0 saturated carbocycles. The van der Waals surface area contributed by atoms with Gasteiger partial charge in [-0.25, -0.2) is 22.5 Å². The zero-order valence-corrected chi connectivity index (χ0v) is 18.7. The van der Waals surface area contributed by atoms with Gasteiger partial charge in [0.2, 0.25) is 16.0 Å². The molecule has 3 N–H and O–H groups in total. The smallest absolute Gasteiger partial charge is 0.241 e. The van der Waals surface area contributed by atoms with Gasteiger partial charge in [0.15, 0.2) is 0 Å². The Morgan fingerprint density at radius 1 is 1.03 bits per heavy atom. The molecular weight excluding hydrogens is 433 g/mol. The van der Waals surface area contributed by atoms with E-state index in [2.05, 4.69) is 25.3 Å². The van der Waals surface area contributed by atoms with E-state index in [0.29, 0.717) is 35.0 Å². The van der Waals surface area contributed by atoms with Gasteiger partial charge in [-0.3, -0.25) is 4.79 Å². The molecule has 0 amide bonds. The van der Waals surface area contributed by atoms with Crippen LogP contribution in [0.25, 0.3) is 0 Å². The Bertz CT molecular complexity index is 1200. The normalized spacial score (nSPS) is 11.8. The maximum Gasteiger partial charge on any atom is 0.241 e. The van der Waals surface area contributed by atoms with Gasteiger partial charge in [-0.15, -0.1) is 0 Å². The van der Waals surface area contributed by atoms with Gasteiger partial charge in [0.25, 0.3) is 0 Å². The minimum atomic E-state index is -3.80. The van der Waals surface area contributed by atoms with Crippen molar-refractivity contribution in [3.05, 3.63) is 71.7 Å². The zero-order valence-electron chi connectivity index (χ0n) is 17.9. The van der Waals surface area contributed by atoms with E-state index in [1.54, 1.807) is 39.0 Å². The number of aryl methyl sites for hydroxylation is 1. The van der Waals surface area contributed by atoms with E-state index in [4.69, 9.17) is 0 Å². The van der Waals surface area contributed by atoms with Crippen LogP contribution in [0.4, 0.5) is 21.8 Å². The number of anilines is 3. The van der Waals surface area contributed by atoms with Crippen LogP contribution in [0, 0.1) is 12.7 Å². The quantitative estimate of drug-likeness (QED) is 0.420. The monoisotopic (exact) mass is 457 g/mol. The van der Waals surface area contributed by atoms with Crippen LogP contribution in [0.3, 0.4) is 0 Å². The summed E-state index contributed by atoms with van der Waals surface area (Å²) in [6.45, 7) is 5.47. The van der Waals surface area contributed by atoms with Crippen LogP contribution in [0.2, 0.25) is 0 Å². The standard InChI is InChI=1S/C22H24FN5O3S/c1-15-12-20(26-18-8-6-17(23)7-9-18)27-21(25-15)24-14-22(2,3)28-32(30,31)19-10-4-16(13-29)5-11-19/h4-13,28H,14H2,1-3H3,(H2,24,25,26,27). The van der Waals surface area contributed by atoms with Crippen molar-refractivity contribution in [3.63, 3.8) is 0 Å². The summed E-state index contributed by atoms with van der Waals surface area (Å²) in [6, 6.07) is 13.3. The van der Waals surface area contributed by atoms with Crippen molar-refractivity contribution in [2.75, 3.05) is 17.2 Å². The lowest BCUT2D eigenvalue weighted by Gasteiger charge is -2.26. The van der Waals surface area contributed by atoms with Crippen LogP contribution in [0.15, 0.2) is 59.5 Å². The van der Waals surface area contributed by atoms with E-state index in [1.165, 1.54) is 36.4 Å². The molecule has 0 saturated heterocycles. The number of halogens is 1. The van der Waals surface area contributed by atoms with Gasteiger partial charge in [0.1, 0.15) is 17.9 Å². The number of nitrogens with zero attached hydrogens (tertiary/aromatic N) is 2. The fourth-order valence-electron chi connectivity index (χ4n) is 2.88. The van der Waals surface area contributed by atoms with E-state index in [0.717, 1.165) is 0 Å². The Labute approximate surface area is 186 Å². The number of aldehydes is 1. The predicted molar refractivity (Wildman–Crippen MR) is 121 cm³/mol. The van der Waals surface area contributed by atoms with Gasteiger partial charge < -0.3 is 10.6 Å². The fraction of sp³-hybridized carbons (Fsp3) is 0.227. The first-order valence-electron chi connectivity index (χ1n) is 9.78. The molecule has 1 heterocycles. The lowest BCUT2D eigenvalue weighted by atomic mass is 10.1. The Kier molecular flexibility index (Phi) is 6.85. The topological polar surface area (TPSA) is 113 Å². The minimum absolute atomic E-state index is 0.0637. The number of rotatable bonds is 9. The Hall–Kier alpha value is -3.37. The molecular formula is C22H24FN5O3S. The van der Waals surface area contributed by atoms with Crippen molar-refractivity contribution >= 4 is 33.8 Å². The molecule has 10 heteroatoms. The third-order valence-electron chi connectivity index (χ3n) is 4.40. The first-order valence-corrected chi connectivity index (χ1v) is 11.3. The van der Waals surface area contributed by atoms with E-state index in [-0.39, 0.29) is 17.3 Å². The van der Waals surface area contributed by atoms with Crippen LogP contribution in [0.1, 0.15) is 29.9 Å². The molecule has 2 aromatic carbocycles. The number of carbonyl (C=O) groups excluding carboxylic acids is 1. The molecule has 1 aromatic heterocycles. The molecule has 0 radical (unpaired) electrons. The Balaban J connectivity index is 1.68. The first-order chi connectivity index (χ1) is 15.1. The summed E-state index contributed by atoms with van der Waals surface area (Å²) in [5.74, 6) is 0.499. The molecule has 0 spiro atoms. The van der Waals surface area contributed by atoms with Crippen LogP contribution < -0.4 is 15.4 Å². The number of hydrogen-bond acceptors (Lipinski definition) is 7. The highest BCUT2D eigenvalue weighted by Gasteiger charge is 2.26. The van der Waals surface area contributed by atoms with E-state index in [1.807, 2.05) is 0 Å². The van der Waals surface area contributed by atoms with Crippen LogP contribution >= 0.6 is 0 Å². The molecule has 3 rings (SSSR count). The van der Waals surface area contributed by atoms with E-state index < -0.39 is 15.6 Å². The molecule has 0 bridgehead atoms. The van der Waals surface area contributed by atoms with Crippen molar-refractivity contribution in [2.45, 2.75) is 31.2 Å². The molecule has 168 valence electrons. The summed E-state index contributed by atoms with van der Waals surface area (Å²) in [6.07, 6.45) is 0.652. The summed E-state index contributed by atoms with van der Waals surface area (Å²) < 4.78 is 41.1. The van der Waals surface area contributed by atoms with Crippen LogP contribution in [-0.4, -0.2) is 36.8 Å². The summed E-state index contributed by atoms with van der Waals surface area (Å²) in [5.41, 5.74) is 0.885. The number of nitrogens with one attached hydrogen (secondary N) is 3. The lowest BCUT2D eigenvalue weighted by molar-refractivity contribution is 0.112. The molecule has 0 aliphatic carbocycles. The Morgan fingerprint density at radius 3 is 2.31 bits per heavy atom. The molecule has 32 heavy (non-hydrogen) atoms. The van der Waals surface area contributed by atoms with Crippen molar-refractivity contribution in [1.82, 2.24) is 14.7 Å². The highest BCUT2D eigenvalue weighted by molar-refractivity contribution is 7.89. The van der Waals surface area contributed by atoms with Gasteiger partial charge in [-0.2, -0.15) is 4.98 Å². The second-order valence-corrected chi connectivity index (χ2v) is 9.56. The fourth-order valence-corrected chi connectivity index (χ4v) is 4.29. The van der Waals surface area contributed by atoms with Gasteiger partial charge in [-0.1, -0.05) is 12.1 Å². The van der Waals surface area contributed by atoms with Gasteiger partial charge in [-0.05, 0) is 57.2 Å². The van der Waals surface area contributed by atoms with Crippen molar-refractivity contribution in [2.24, 2.45) is 0 Å². The Morgan fingerprint density at radius 2 is 1.69 bits per heavy atom. The number of sulfonamides is 1. The highest BCUT2D eigenvalue weighted by Crippen LogP contribution is 2.18. The summed E-state index contributed by atoms with van der Waals surface area (Å²) in [7, 11) is -3.80. The van der Waals surface area contributed by atoms with Gasteiger partial charge in [0, 0.05) is 35.1 Å². The number of hydrogen-bond donors (Lipinski definition) is 3. The number of benzene rings is 2. The second-order valence-electron chi connectivity index (χ2n) is 7.88. The molecule has 0 fully saturated rings. The second kappa shape index (κ2) is 9.41.